The first kappa shape index (κ1) is 13.0. The summed E-state index contributed by atoms with van der Waals surface area (Å²) in [6.45, 7) is 1.85. The number of carboxylic acid groups (broad SMARTS) is 1. The number of nitriles is 1. The van der Waals surface area contributed by atoms with Crippen LogP contribution in [-0.2, 0) is 9.53 Å². The first-order valence-electron chi connectivity index (χ1n) is 5.08. The van der Waals surface area contributed by atoms with E-state index in [0.717, 1.165) is 5.56 Å². The quantitative estimate of drug-likeness (QED) is 0.804. The van der Waals surface area contributed by atoms with Crippen molar-refractivity contribution < 1.29 is 14.6 Å². The summed E-state index contributed by atoms with van der Waals surface area (Å²) < 4.78 is 4.82. The standard InChI is InChI=1S/C12H14N2O3/c1-8-4-3-5-9(6-13)11(8)14-10(7-17-2)12(15)16/h3-5,10,14H,7H2,1-2H3,(H,15,16). The average Bonchev–Trinajstić information content (AvgIpc) is 2.30. The van der Waals surface area contributed by atoms with Crippen LogP contribution in [0.2, 0.25) is 0 Å². The number of ether oxygens (including phenoxy) is 1. The van der Waals surface area contributed by atoms with Crippen molar-refractivity contribution in [3.63, 3.8) is 0 Å². The van der Waals surface area contributed by atoms with Gasteiger partial charge in [-0.1, -0.05) is 12.1 Å². The van der Waals surface area contributed by atoms with E-state index in [-0.39, 0.29) is 6.61 Å². The monoisotopic (exact) mass is 234 g/mol. The fraction of sp³-hybridized carbons (Fsp3) is 0.333. The molecule has 5 nitrogen and oxygen atoms in total. The number of carbonyl (C=O) groups is 1. The Hall–Kier alpha value is -2.06. The third-order valence-electron chi connectivity index (χ3n) is 2.34. The zero-order chi connectivity index (χ0) is 12.8. The van der Waals surface area contributed by atoms with Gasteiger partial charge in [-0.05, 0) is 18.6 Å². The summed E-state index contributed by atoms with van der Waals surface area (Å²) in [4.78, 5) is 11.0. The summed E-state index contributed by atoms with van der Waals surface area (Å²) in [5.41, 5.74) is 1.79. The van der Waals surface area contributed by atoms with E-state index in [1.807, 2.05) is 19.1 Å². The number of aryl methyl sites for hydroxylation is 1. The number of benzene rings is 1. The number of nitrogens with one attached hydrogen (secondary N) is 1. The van der Waals surface area contributed by atoms with E-state index in [2.05, 4.69) is 5.32 Å². The summed E-state index contributed by atoms with van der Waals surface area (Å²) in [5, 5.41) is 20.8. The second-order valence-corrected chi connectivity index (χ2v) is 3.60. The second kappa shape index (κ2) is 5.87. The number of carboxylic acids is 1. The highest BCUT2D eigenvalue weighted by molar-refractivity contribution is 5.79. The van der Waals surface area contributed by atoms with Crippen LogP contribution in [0.4, 0.5) is 5.69 Å². The van der Waals surface area contributed by atoms with Crippen LogP contribution in [0.1, 0.15) is 11.1 Å². The molecule has 0 fully saturated rings. The lowest BCUT2D eigenvalue weighted by Crippen LogP contribution is -2.34. The Morgan fingerprint density at radius 2 is 2.35 bits per heavy atom. The molecule has 1 atom stereocenters. The Balaban J connectivity index is 3.00. The SMILES string of the molecule is COCC(Nc1c(C)cccc1C#N)C(=O)O. The first-order chi connectivity index (χ1) is 8.10. The van der Waals surface area contributed by atoms with Gasteiger partial charge in [0.2, 0.25) is 0 Å². The van der Waals surface area contributed by atoms with Crippen molar-refractivity contribution in [2.75, 3.05) is 19.0 Å². The number of rotatable bonds is 5. The molecule has 0 amide bonds. The van der Waals surface area contributed by atoms with E-state index in [9.17, 15) is 4.79 Å². The number of para-hydroxylation sites is 1. The molecular formula is C12H14N2O3. The van der Waals surface area contributed by atoms with Gasteiger partial charge in [-0.3, -0.25) is 0 Å². The molecule has 0 saturated heterocycles. The molecule has 5 heteroatoms. The van der Waals surface area contributed by atoms with Gasteiger partial charge in [-0.15, -0.1) is 0 Å². The third-order valence-corrected chi connectivity index (χ3v) is 2.34. The third kappa shape index (κ3) is 3.20. The fourth-order valence-corrected chi connectivity index (χ4v) is 1.47. The van der Waals surface area contributed by atoms with Gasteiger partial charge >= 0.3 is 5.97 Å². The van der Waals surface area contributed by atoms with Crippen molar-refractivity contribution in [1.82, 2.24) is 0 Å². The highest BCUT2D eigenvalue weighted by atomic mass is 16.5. The first-order valence-corrected chi connectivity index (χ1v) is 5.08. The molecule has 1 aromatic carbocycles. The molecule has 2 N–H and O–H groups in total. The summed E-state index contributed by atoms with van der Waals surface area (Å²) in [7, 11) is 1.43. The minimum absolute atomic E-state index is 0.0362. The van der Waals surface area contributed by atoms with Crippen LogP contribution in [0.15, 0.2) is 18.2 Å². The van der Waals surface area contributed by atoms with E-state index in [4.69, 9.17) is 15.1 Å². The maximum atomic E-state index is 11.0. The van der Waals surface area contributed by atoms with E-state index in [1.165, 1.54) is 7.11 Å². The van der Waals surface area contributed by atoms with E-state index in [1.54, 1.807) is 12.1 Å². The lowest BCUT2D eigenvalue weighted by molar-refractivity contribution is -0.139. The Labute approximate surface area is 99.6 Å². The maximum absolute atomic E-state index is 11.0. The van der Waals surface area contributed by atoms with Crippen LogP contribution in [0.5, 0.6) is 0 Å². The van der Waals surface area contributed by atoms with Gasteiger partial charge < -0.3 is 15.2 Å². The molecule has 1 unspecified atom stereocenters. The van der Waals surface area contributed by atoms with Crippen LogP contribution in [-0.4, -0.2) is 30.8 Å². The van der Waals surface area contributed by atoms with E-state index >= 15 is 0 Å². The van der Waals surface area contributed by atoms with Gasteiger partial charge in [0.05, 0.1) is 17.9 Å². The predicted molar refractivity (Wildman–Crippen MR) is 62.8 cm³/mol. The molecule has 0 aromatic heterocycles. The number of nitrogens with zero attached hydrogens (tertiary/aromatic N) is 1. The normalized spacial score (nSPS) is 11.6. The summed E-state index contributed by atoms with van der Waals surface area (Å²) in [6.07, 6.45) is 0. The van der Waals surface area contributed by atoms with Crippen LogP contribution in [0.3, 0.4) is 0 Å². The van der Waals surface area contributed by atoms with Crippen molar-refractivity contribution in [3.8, 4) is 6.07 Å². The van der Waals surface area contributed by atoms with Gasteiger partial charge in [0.25, 0.3) is 0 Å². The molecule has 0 aliphatic rings. The molecule has 1 rings (SSSR count). The maximum Gasteiger partial charge on any atom is 0.328 e. The molecule has 90 valence electrons. The Morgan fingerprint density at radius 3 is 2.88 bits per heavy atom. The van der Waals surface area contributed by atoms with Crippen LogP contribution in [0.25, 0.3) is 0 Å². The molecule has 0 aliphatic heterocycles. The number of anilines is 1. The molecule has 1 aromatic rings. The molecule has 0 saturated carbocycles. The van der Waals surface area contributed by atoms with Crippen LogP contribution < -0.4 is 5.32 Å². The van der Waals surface area contributed by atoms with E-state index < -0.39 is 12.0 Å². The molecule has 0 aliphatic carbocycles. The highest BCUT2D eigenvalue weighted by Gasteiger charge is 2.19. The fourth-order valence-electron chi connectivity index (χ4n) is 1.47. The van der Waals surface area contributed by atoms with Gasteiger partial charge in [0.15, 0.2) is 0 Å². The molecule has 0 bridgehead atoms. The van der Waals surface area contributed by atoms with Crippen molar-refractivity contribution in [2.24, 2.45) is 0 Å². The lowest BCUT2D eigenvalue weighted by Gasteiger charge is -2.17. The zero-order valence-electron chi connectivity index (χ0n) is 9.73. The molecular weight excluding hydrogens is 220 g/mol. The van der Waals surface area contributed by atoms with Crippen LogP contribution in [0, 0.1) is 18.3 Å². The Kier molecular flexibility index (Phi) is 4.49. The number of aliphatic carboxylic acids is 1. The number of methoxy groups -OCH3 is 1. The summed E-state index contributed by atoms with van der Waals surface area (Å²) in [5.74, 6) is -1.01. The number of hydrogen-bond donors (Lipinski definition) is 2. The van der Waals surface area contributed by atoms with Gasteiger partial charge in [0, 0.05) is 7.11 Å². The molecule has 0 radical (unpaired) electrons. The molecule has 0 spiro atoms. The minimum Gasteiger partial charge on any atom is -0.480 e. The Bertz CT molecular complexity index is 452. The highest BCUT2D eigenvalue weighted by Crippen LogP contribution is 2.20. The van der Waals surface area contributed by atoms with Gasteiger partial charge in [0.1, 0.15) is 12.1 Å². The molecule has 0 heterocycles. The number of hydrogen-bond acceptors (Lipinski definition) is 4. The van der Waals surface area contributed by atoms with Crippen molar-refractivity contribution >= 4 is 11.7 Å². The van der Waals surface area contributed by atoms with Gasteiger partial charge in [-0.2, -0.15) is 5.26 Å². The second-order valence-electron chi connectivity index (χ2n) is 3.60. The predicted octanol–water partition coefficient (Wildman–Crippen LogP) is 1.38. The van der Waals surface area contributed by atoms with Crippen LogP contribution >= 0.6 is 0 Å². The topological polar surface area (TPSA) is 82.3 Å². The summed E-state index contributed by atoms with van der Waals surface area (Å²) >= 11 is 0. The Morgan fingerprint density at radius 1 is 1.65 bits per heavy atom. The largest absolute Gasteiger partial charge is 0.480 e. The minimum atomic E-state index is -1.01. The van der Waals surface area contributed by atoms with E-state index in [0.29, 0.717) is 11.3 Å². The average molecular weight is 234 g/mol. The van der Waals surface area contributed by atoms with Crippen molar-refractivity contribution in [1.29, 1.82) is 5.26 Å². The lowest BCUT2D eigenvalue weighted by atomic mass is 10.1. The zero-order valence-corrected chi connectivity index (χ0v) is 9.73. The molecule has 17 heavy (non-hydrogen) atoms. The summed E-state index contributed by atoms with van der Waals surface area (Å²) in [6, 6.07) is 6.37. The van der Waals surface area contributed by atoms with Gasteiger partial charge in [-0.25, -0.2) is 4.79 Å². The smallest absolute Gasteiger partial charge is 0.328 e. The van der Waals surface area contributed by atoms with Crippen molar-refractivity contribution in [2.45, 2.75) is 13.0 Å². The van der Waals surface area contributed by atoms with Crippen molar-refractivity contribution in [3.05, 3.63) is 29.3 Å².